The van der Waals surface area contributed by atoms with Gasteiger partial charge in [0.1, 0.15) is 17.2 Å². The summed E-state index contributed by atoms with van der Waals surface area (Å²) in [4.78, 5) is 36.7. The highest BCUT2D eigenvalue weighted by atomic mass is 16.5. The van der Waals surface area contributed by atoms with E-state index in [0.29, 0.717) is 39.8 Å². The third-order valence-corrected chi connectivity index (χ3v) is 4.97. The molecule has 2 N–H and O–H groups in total. The molecule has 3 aromatic rings. The molecule has 0 unspecified atom stereocenters. The van der Waals surface area contributed by atoms with Gasteiger partial charge in [-0.1, -0.05) is 6.07 Å². The minimum atomic E-state index is -0.575. The van der Waals surface area contributed by atoms with Crippen LogP contribution in [0, 0.1) is 0 Å². The molecule has 9 heteroatoms. The summed E-state index contributed by atoms with van der Waals surface area (Å²) in [5.74, 6) is 0.402. The Kier molecular flexibility index (Phi) is 8.66. The molecule has 0 bridgehead atoms. The molecule has 0 aliphatic heterocycles. The lowest BCUT2D eigenvalue weighted by Crippen LogP contribution is -2.21. The number of methoxy groups -OCH3 is 3. The Morgan fingerprint density at radius 1 is 0.714 bits per heavy atom. The summed E-state index contributed by atoms with van der Waals surface area (Å²) in [6.07, 6.45) is -0.0571. The third kappa shape index (κ3) is 7.23. The standard InChI is InChI=1S/C26H26N2O7/c1-32-21-12-9-20(10-13-21)28-26(31)17-4-7-19(8-5-17)27-24(29)16-35-25(30)14-18-6-11-22(33-2)15-23(18)34-3/h4-13,15H,14,16H2,1-3H3,(H,27,29)(H,28,31). The van der Waals surface area contributed by atoms with E-state index in [2.05, 4.69) is 10.6 Å². The van der Waals surface area contributed by atoms with Crippen molar-refractivity contribution in [2.75, 3.05) is 38.6 Å². The van der Waals surface area contributed by atoms with Gasteiger partial charge in [0.2, 0.25) is 0 Å². The zero-order valence-electron chi connectivity index (χ0n) is 19.6. The second kappa shape index (κ2) is 12.1. The molecule has 182 valence electrons. The molecule has 35 heavy (non-hydrogen) atoms. The number of ether oxygens (including phenoxy) is 4. The number of rotatable bonds is 10. The van der Waals surface area contributed by atoms with Crippen LogP contribution in [0.15, 0.2) is 66.7 Å². The molecule has 9 nitrogen and oxygen atoms in total. The maximum absolute atomic E-state index is 12.4. The van der Waals surface area contributed by atoms with Gasteiger partial charge in [-0.25, -0.2) is 0 Å². The summed E-state index contributed by atoms with van der Waals surface area (Å²) in [6, 6.07) is 18.4. The summed E-state index contributed by atoms with van der Waals surface area (Å²) in [6.45, 7) is -0.447. The molecule has 3 rings (SSSR count). The van der Waals surface area contributed by atoms with Crippen LogP contribution in [0.3, 0.4) is 0 Å². The molecule has 0 saturated carbocycles. The van der Waals surface area contributed by atoms with Crippen molar-refractivity contribution in [1.82, 2.24) is 0 Å². The van der Waals surface area contributed by atoms with Crippen molar-refractivity contribution < 1.29 is 33.3 Å². The van der Waals surface area contributed by atoms with Gasteiger partial charge >= 0.3 is 5.97 Å². The first-order chi connectivity index (χ1) is 16.9. The highest BCUT2D eigenvalue weighted by Gasteiger charge is 2.13. The van der Waals surface area contributed by atoms with Crippen LogP contribution in [0.1, 0.15) is 15.9 Å². The molecule has 0 saturated heterocycles. The van der Waals surface area contributed by atoms with Crippen LogP contribution in [0.25, 0.3) is 0 Å². The molecule has 0 fully saturated rings. The Morgan fingerprint density at radius 2 is 1.31 bits per heavy atom. The highest BCUT2D eigenvalue weighted by Crippen LogP contribution is 2.25. The van der Waals surface area contributed by atoms with Crippen LogP contribution in [0.5, 0.6) is 17.2 Å². The number of amides is 2. The third-order valence-electron chi connectivity index (χ3n) is 4.97. The second-order valence-corrected chi connectivity index (χ2v) is 7.32. The van der Waals surface area contributed by atoms with Crippen LogP contribution in [0.4, 0.5) is 11.4 Å². The summed E-state index contributed by atoms with van der Waals surface area (Å²) >= 11 is 0. The van der Waals surface area contributed by atoms with E-state index >= 15 is 0 Å². The number of carbonyl (C=O) groups excluding carboxylic acids is 3. The first-order valence-corrected chi connectivity index (χ1v) is 10.6. The fourth-order valence-electron chi connectivity index (χ4n) is 3.13. The SMILES string of the molecule is COc1ccc(NC(=O)c2ccc(NC(=O)COC(=O)Cc3ccc(OC)cc3OC)cc2)cc1. The van der Waals surface area contributed by atoms with E-state index < -0.39 is 18.5 Å². The van der Waals surface area contributed by atoms with E-state index in [1.807, 2.05) is 0 Å². The maximum atomic E-state index is 12.4. The van der Waals surface area contributed by atoms with Gasteiger partial charge < -0.3 is 29.6 Å². The van der Waals surface area contributed by atoms with Gasteiger partial charge in [-0.15, -0.1) is 0 Å². The number of hydrogen-bond acceptors (Lipinski definition) is 7. The summed E-state index contributed by atoms with van der Waals surface area (Å²) in [5.41, 5.74) is 2.12. The number of esters is 1. The number of nitrogens with one attached hydrogen (secondary N) is 2. The van der Waals surface area contributed by atoms with Crippen LogP contribution >= 0.6 is 0 Å². The molecule has 0 spiro atoms. The first-order valence-electron chi connectivity index (χ1n) is 10.6. The van der Waals surface area contributed by atoms with E-state index in [1.165, 1.54) is 14.2 Å². The molecule has 0 aliphatic rings. The van der Waals surface area contributed by atoms with Crippen LogP contribution in [-0.4, -0.2) is 45.7 Å². The molecule has 0 atom stereocenters. The predicted octanol–water partition coefficient (Wildman–Crippen LogP) is 3.69. The fourth-order valence-corrected chi connectivity index (χ4v) is 3.13. The molecule has 3 aromatic carbocycles. The highest BCUT2D eigenvalue weighted by molar-refractivity contribution is 6.04. The quantitative estimate of drug-likeness (QED) is 0.428. The minimum absolute atomic E-state index is 0.0571. The lowest BCUT2D eigenvalue weighted by atomic mass is 10.1. The average Bonchev–Trinajstić information content (AvgIpc) is 2.88. The number of anilines is 2. The van der Waals surface area contributed by atoms with Crippen LogP contribution in [0.2, 0.25) is 0 Å². The van der Waals surface area contributed by atoms with Crippen molar-refractivity contribution in [3.63, 3.8) is 0 Å². The largest absolute Gasteiger partial charge is 0.497 e. The summed E-state index contributed by atoms with van der Waals surface area (Å²) in [7, 11) is 4.59. The summed E-state index contributed by atoms with van der Waals surface area (Å²) < 4.78 is 20.6. The Labute approximate surface area is 203 Å². The normalized spacial score (nSPS) is 10.1. The van der Waals surface area contributed by atoms with E-state index in [9.17, 15) is 14.4 Å². The number of benzene rings is 3. The molecular weight excluding hydrogens is 452 g/mol. The Hall–Kier alpha value is -4.53. The van der Waals surface area contributed by atoms with Crippen LogP contribution in [-0.2, 0) is 20.7 Å². The molecule has 2 amide bonds. The van der Waals surface area contributed by atoms with E-state index in [-0.39, 0.29) is 12.3 Å². The monoisotopic (exact) mass is 478 g/mol. The van der Waals surface area contributed by atoms with E-state index in [0.717, 1.165) is 0 Å². The summed E-state index contributed by atoms with van der Waals surface area (Å²) in [5, 5.41) is 5.41. The molecule has 0 aliphatic carbocycles. The zero-order valence-corrected chi connectivity index (χ0v) is 19.6. The first kappa shape index (κ1) is 25.1. The predicted molar refractivity (Wildman–Crippen MR) is 130 cm³/mol. The topological polar surface area (TPSA) is 112 Å². The van der Waals surface area contributed by atoms with Gasteiger partial charge in [-0.05, 0) is 54.6 Å². The van der Waals surface area contributed by atoms with Crippen molar-refractivity contribution >= 4 is 29.2 Å². The maximum Gasteiger partial charge on any atom is 0.310 e. The molecular formula is C26H26N2O7. The van der Waals surface area contributed by atoms with Gasteiger partial charge in [0.25, 0.3) is 11.8 Å². The number of hydrogen-bond donors (Lipinski definition) is 2. The minimum Gasteiger partial charge on any atom is -0.497 e. The Morgan fingerprint density at radius 3 is 1.94 bits per heavy atom. The van der Waals surface area contributed by atoms with Crippen molar-refractivity contribution in [2.45, 2.75) is 6.42 Å². The Bertz CT molecular complexity index is 1180. The lowest BCUT2D eigenvalue weighted by molar-refractivity contribution is -0.146. The van der Waals surface area contributed by atoms with Crippen LogP contribution < -0.4 is 24.8 Å². The van der Waals surface area contributed by atoms with Gasteiger partial charge in [0.05, 0.1) is 27.8 Å². The van der Waals surface area contributed by atoms with Gasteiger partial charge in [0, 0.05) is 28.6 Å². The van der Waals surface area contributed by atoms with Crippen molar-refractivity contribution in [3.8, 4) is 17.2 Å². The second-order valence-electron chi connectivity index (χ2n) is 7.32. The van der Waals surface area contributed by atoms with Crippen molar-refractivity contribution in [1.29, 1.82) is 0 Å². The van der Waals surface area contributed by atoms with E-state index in [1.54, 1.807) is 73.8 Å². The van der Waals surface area contributed by atoms with Gasteiger partial charge in [0.15, 0.2) is 6.61 Å². The molecule has 0 aromatic heterocycles. The Balaban J connectivity index is 1.47. The van der Waals surface area contributed by atoms with Crippen molar-refractivity contribution in [3.05, 3.63) is 77.9 Å². The lowest BCUT2D eigenvalue weighted by Gasteiger charge is -2.11. The van der Waals surface area contributed by atoms with Gasteiger partial charge in [-0.3, -0.25) is 14.4 Å². The molecule has 0 radical (unpaired) electrons. The van der Waals surface area contributed by atoms with Gasteiger partial charge in [-0.2, -0.15) is 0 Å². The smallest absolute Gasteiger partial charge is 0.310 e. The van der Waals surface area contributed by atoms with E-state index in [4.69, 9.17) is 18.9 Å². The van der Waals surface area contributed by atoms with Crippen molar-refractivity contribution in [2.24, 2.45) is 0 Å². The zero-order chi connectivity index (χ0) is 25.2. The average molecular weight is 479 g/mol. The number of carbonyl (C=O) groups is 3. The molecule has 0 heterocycles. The fraction of sp³-hybridized carbons (Fsp3) is 0.192.